The Balaban J connectivity index is 1.77. The van der Waals surface area contributed by atoms with E-state index >= 15 is 0 Å². The summed E-state index contributed by atoms with van der Waals surface area (Å²) in [6.45, 7) is 3.35. The third kappa shape index (κ3) is 5.09. The first-order valence-corrected chi connectivity index (χ1v) is 11.4. The van der Waals surface area contributed by atoms with Crippen LogP contribution in [0.5, 0.6) is 0 Å². The molecule has 0 radical (unpaired) electrons. The molecule has 1 aliphatic heterocycles. The zero-order valence-electron chi connectivity index (χ0n) is 16.1. The van der Waals surface area contributed by atoms with Crippen molar-refractivity contribution in [3.63, 3.8) is 0 Å². The van der Waals surface area contributed by atoms with Gasteiger partial charge in [-0.2, -0.15) is 4.31 Å². The molecule has 1 amide bonds. The van der Waals surface area contributed by atoms with Crippen LogP contribution in [0.15, 0.2) is 23.1 Å². The van der Waals surface area contributed by atoms with E-state index in [0.717, 1.165) is 31.2 Å². The molecule has 1 aromatic carbocycles. The number of morpholine rings is 1. The molecule has 1 saturated heterocycles. The number of carbonyl (C=O) groups excluding carboxylic acids is 1. The zero-order chi connectivity index (χ0) is 19.3. The molecule has 7 heteroatoms. The second-order valence-corrected chi connectivity index (χ2v) is 9.45. The highest BCUT2D eigenvalue weighted by atomic mass is 32.2. The molecule has 6 nitrogen and oxygen atoms in total. The van der Waals surface area contributed by atoms with Crippen LogP contribution in [0, 0.1) is 6.92 Å². The Morgan fingerprint density at radius 3 is 2.37 bits per heavy atom. The smallest absolute Gasteiger partial charge is 0.251 e. The Labute approximate surface area is 162 Å². The fourth-order valence-electron chi connectivity index (χ4n) is 3.81. The average Bonchev–Trinajstić information content (AvgIpc) is 2.64. The molecule has 1 N–H and O–H groups in total. The Kier molecular flexibility index (Phi) is 6.89. The maximum atomic E-state index is 12.9. The number of nitrogens with zero attached hydrogens (tertiary/aromatic N) is 1. The van der Waals surface area contributed by atoms with Crippen LogP contribution in [0.1, 0.15) is 60.9 Å². The molecule has 1 aliphatic carbocycles. The van der Waals surface area contributed by atoms with Crippen molar-refractivity contribution in [3.8, 4) is 0 Å². The first kappa shape index (κ1) is 20.3. The van der Waals surface area contributed by atoms with Gasteiger partial charge in [0.05, 0.1) is 18.1 Å². The largest absolute Gasteiger partial charge is 0.379 e. The van der Waals surface area contributed by atoms with Crippen molar-refractivity contribution in [1.29, 1.82) is 0 Å². The number of aryl methyl sites for hydroxylation is 1. The molecule has 1 saturated carbocycles. The van der Waals surface area contributed by atoms with Crippen molar-refractivity contribution < 1.29 is 17.9 Å². The number of benzene rings is 1. The van der Waals surface area contributed by atoms with Crippen molar-refractivity contribution in [2.24, 2.45) is 0 Å². The number of nitrogens with one attached hydrogen (secondary N) is 1. The first-order valence-electron chi connectivity index (χ1n) is 9.98. The molecule has 2 aliphatic rings. The van der Waals surface area contributed by atoms with Crippen molar-refractivity contribution in [3.05, 3.63) is 29.3 Å². The van der Waals surface area contributed by atoms with Gasteiger partial charge in [-0.25, -0.2) is 8.42 Å². The first-order chi connectivity index (χ1) is 13.0. The van der Waals surface area contributed by atoms with E-state index in [-0.39, 0.29) is 16.8 Å². The second-order valence-electron chi connectivity index (χ2n) is 7.51. The molecule has 27 heavy (non-hydrogen) atoms. The molecular weight excluding hydrogens is 364 g/mol. The summed E-state index contributed by atoms with van der Waals surface area (Å²) in [4.78, 5) is 13.0. The van der Waals surface area contributed by atoms with Gasteiger partial charge in [0, 0.05) is 24.7 Å². The number of ether oxygens (including phenoxy) is 1. The summed E-state index contributed by atoms with van der Waals surface area (Å²) in [6.07, 6.45) is 7.98. The number of carbonyl (C=O) groups is 1. The van der Waals surface area contributed by atoms with Crippen LogP contribution in [0.3, 0.4) is 0 Å². The van der Waals surface area contributed by atoms with E-state index in [4.69, 9.17) is 4.74 Å². The van der Waals surface area contributed by atoms with Gasteiger partial charge in [0.25, 0.3) is 5.91 Å². The lowest BCUT2D eigenvalue weighted by Gasteiger charge is -2.26. The standard InChI is InChI=1S/C20H30N2O4S/c1-16-9-10-18(27(24,25)22-11-13-26-14-12-22)15-19(16)20(23)21-17-7-5-3-2-4-6-8-17/h9-10,15,17H,2-8,11-14H2,1H3,(H,21,23). The van der Waals surface area contributed by atoms with Gasteiger partial charge in [-0.05, 0) is 37.5 Å². The predicted molar refractivity (Wildman–Crippen MR) is 104 cm³/mol. The monoisotopic (exact) mass is 394 g/mol. The third-order valence-electron chi connectivity index (χ3n) is 5.50. The maximum Gasteiger partial charge on any atom is 0.251 e. The molecule has 3 rings (SSSR count). The zero-order valence-corrected chi connectivity index (χ0v) is 16.9. The lowest BCUT2D eigenvalue weighted by Crippen LogP contribution is -2.40. The van der Waals surface area contributed by atoms with Gasteiger partial charge in [0.1, 0.15) is 0 Å². The number of hydrogen-bond donors (Lipinski definition) is 1. The van der Waals surface area contributed by atoms with Crippen LogP contribution in [0.2, 0.25) is 0 Å². The Hall–Kier alpha value is -1.44. The number of hydrogen-bond acceptors (Lipinski definition) is 4. The minimum Gasteiger partial charge on any atom is -0.379 e. The van der Waals surface area contributed by atoms with Crippen LogP contribution >= 0.6 is 0 Å². The van der Waals surface area contributed by atoms with E-state index in [9.17, 15) is 13.2 Å². The summed E-state index contributed by atoms with van der Waals surface area (Å²) < 4.78 is 32.4. The molecule has 1 heterocycles. The van der Waals surface area contributed by atoms with Gasteiger partial charge in [-0.1, -0.05) is 38.2 Å². The van der Waals surface area contributed by atoms with Crippen LogP contribution in [-0.2, 0) is 14.8 Å². The van der Waals surface area contributed by atoms with E-state index in [1.54, 1.807) is 12.1 Å². The van der Waals surface area contributed by atoms with E-state index < -0.39 is 10.0 Å². The summed E-state index contributed by atoms with van der Waals surface area (Å²) in [5.41, 5.74) is 1.24. The number of rotatable bonds is 4. The molecule has 0 atom stereocenters. The quantitative estimate of drug-likeness (QED) is 0.852. The summed E-state index contributed by atoms with van der Waals surface area (Å²) in [6, 6.07) is 5.02. The van der Waals surface area contributed by atoms with Crippen LogP contribution in [0.4, 0.5) is 0 Å². The second kappa shape index (κ2) is 9.17. The van der Waals surface area contributed by atoms with E-state index in [1.165, 1.54) is 29.6 Å². The molecule has 1 aromatic rings. The van der Waals surface area contributed by atoms with Crippen LogP contribution in [-0.4, -0.2) is 51.0 Å². The van der Waals surface area contributed by atoms with Crippen molar-refractivity contribution in [2.75, 3.05) is 26.3 Å². The summed E-state index contributed by atoms with van der Waals surface area (Å²) in [5.74, 6) is -0.169. The molecular formula is C20H30N2O4S. The SMILES string of the molecule is Cc1ccc(S(=O)(=O)N2CCOCC2)cc1C(=O)NC1CCCCCCC1. The fourth-order valence-corrected chi connectivity index (χ4v) is 5.24. The Bertz CT molecular complexity index is 749. The van der Waals surface area contributed by atoms with Gasteiger partial charge in [-0.3, -0.25) is 4.79 Å². The lowest BCUT2D eigenvalue weighted by atomic mass is 9.96. The van der Waals surface area contributed by atoms with Gasteiger partial charge in [-0.15, -0.1) is 0 Å². The summed E-state index contributed by atoms with van der Waals surface area (Å²) in [5, 5.41) is 3.13. The topological polar surface area (TPSA) is 75.7 Å². The molecule has 150 valence electrons. The highest BCUT2D eigenvalue weighted by Crippen LogP contribution is 2.22. The van der Waals surface area contributed by atoms with Crippen molar-refractivity contribution >= 4 is 15.9 Å². The molecule has 0 aromatic heterocycles. The van der Waals surface area contributed by atoms with Gasteiger partial charge < -0.3 is 10.1 Å². The van der Waals surface area contributed by atoms with E-state index in [0.29, 0.717) is 31.9 Å². The highest BCUT2D eigenvalue weighted by Gasteiger charge is 2.27. The van der Waals surface area contributed by atoms with Gasteiger partial charge >= 0.3 is 0 Å². The number of sulfonamides is 1. The molecule has 0 bridgehead atoms. The van der Waals surface area contributed by atoms with E-state index in [1.807, 2.05) is 6.92 Å². The summed E-state index contributed by atoms with van der Waals surface area (Å²) >= 11 is 0. The Morgan fingerprint density at radius 1 is 1.07 bits per heavy atom. The lowest BCUT2D eigenvalue weighted by molar-refractivity contribution is 0.0730. The van der Waals surface area contributed by atoms with E-state index in [2.05, 4.69) is 5.32 Å². The fraction of sp³-hybridized carbons (Fsp3) is 0.650. The third-order valence-corrected chi connectivity index (χ3v) is 7.40. The maximum absolute atomic E-state index is 12.9. The number of amides is 1. The minimum atomic E-state index is -3.61. The van der Waals surface area contributed by atoms with Crippen molar-refractivity contribution in [1.82, 2.24) is 9.62 Å². The van der Waals surface area contributed by atoms with Gasteiger partial charge in [0.2, 0.25) is 10.0 Å². The normalized spacial score (nSPS) is 20.6. The van der Waals surface area contributed by atoms with Crippen molar-refractivity contribution in [2.45, 2.75) is 62.8 Å². The van der Waals surface area contributed by atoms with Crippen LogP contribution < -0.4 is 5.32 Å². The Morgan fingerprint density at radius 2 is 1.70 bits per heavy atom. The average molecular weight is 395 g/mol. The predicted octanol–water partition coefficient (Wildman–Crippen LogP) is 2.86. The minimum absolute atomic E-state index is 0.169. The molecule has 0 unspecified atom stereocenters. The highest BCUT2D eigenvalue weighted by molar-refractivity contribution is 7.89. The van der Waals surface area contributed by atoms with Crippen LogP contribution in [0.25, 0.3) is 0 Å². The summed E-state index contributed by atoms with van der Waals surface area (Å²) in [7, 11) is -3.61. The van der Waals surface area contributed by atoms with Gasteiger partial charge in [0.15, 0.2) is 0 Å². The molecule has 2 fully saturated rings. The molecule has 0 spiro atoms.